The average Bonchev–Trinajstić information content (AvgIpc) is 3.55. The van der Waals surface area contributed by atoms with Crippen molar-refractivity contribution in [3.63, 3.8) is 0 Å². The summed E-state index contributed by atoms with van der Waals surface area (Å²) in [5, 5.41) is 9.34. The van der Waals surface area contributed by atoms with Crippen LogP contribution in [0.5, 0.6) is 0 Å². The number of sulfonamides is 1. The second-order valence-electron chi connectivity index (χ2n) is 7.63. The fraction of sp³-hybridized carbons (Fsp3) is 0.304. The number of nitrogens with one attached hydrogen (secondary N) is 1. The van der Waals surface area contributed by atoms with Crippen LogP contribution in [0.15, 0.2) is 57.3 Å². The quantitative estimate of drug-likeness (QED) is 0.504. The number of esters is 1. The van der Waals surface area contributed by atoms with Crippen LogP contribution in [0.2, 0.25) is 0 Å². The molecular weight excluding hydrogens is 446 g/mol. The molecule has 0 bridgehead atoms. The molecule has 0 radical (unpaired) electrons. The van der Waals surface area contributed by atoms with E-state index < -0.39 is 10.0 Å². The minimum Gasteiger partial charge on any atom is -0.466 e. The van der Waals surface area contributed by atoms with Crippen LogP contribution >= 0.6 is 11.8 Å². The Morgan fingerprint density at radius 3 is 2.62 bits per heavy atom. The molecule has 1 aliphatic carbocycles. The molecule has 32 heavy (non-hydrogen) atoms. The number of ether oxygens (including phenoxy) is 1. The topological polar surface area (TPSA) is 101 Å². The Morgan fingerprint density at radius 2 is 2.00 bits per heavy atom. The summed E-state index contributed by atoms with van der Waals surface area (Å²) in [5.74, 6) is -0.311. The van der Waals surface area contributed by atoms with Crippen molar-refractivity contribution in [2.24, 2.45) is 0 Å². The molecule has 0 amide bonds. The first kappa shape index (κ1) is 22.4. The molecule has 1 aliphatic rings. The van der Waals surface area contributed by atoms with Crippen LogP contribution in [0, 0.1) is 18.3 Å². The molecule has 7 nitrogen and oxygen atoms in total. The van der Waals surface area contributed by atoms with Crippen molar-refractivity contribution in [1.29, 1.82) is 5.26 Å². The molecule has 1 N–H and O–H groups in total. The molecule has 0 saturated heterocycles. The molecule has 4 rings (SSSR count). The third kappa shape index (κ3) is 4.67. The van der Waals surface area contributed by atoms with Crippen LogP contribution in [0.1, 0.15) is 36.6 Å². The number of carbonyl (C=O) groups excluding carboxylic acids is 1. The van der Waals surface area contributed by atoms with E-state index in [-0.39, 0.29) is 23.3 Å². The zero-order valence-electron chi connectivity index (χ0n) is 17.8. The third-order valence-corrected chi connectivity index (χ3v) is 8.01. The van der Waals surface area contributed by atoms with Crippen molar-refractivity contribution in [3.8, 4) is 6.07 Å². The monoisotopic (exact) mass is 469 g/mol. The largest absolute Gasteiger partial charge is 0.466 e. The number of aromatic nitrogens is 1. The highest BCUT2D eigenvalue weighted by Gasteiger charge is 2.28. The van der Waals surface area contributed by atoms with Crippen LogP contribution in [-0.4, -0.2) is 31.4 Å². The van der Waals surface area contributed by atoms with Gasteiger partial charge in [0.1, 0.15) is 0 Å². The van der Waals surface area contributed by atoms with Crippen molar-refractivity contribution in [3.05, 3.63) is 59.4 Å². The standard InChI is InChI=1S/C23H23N3O4S2/c1-3-30-22(27)13-20-15(2)23(21-12-16(14-24)10-11-26(20)21)31-18-6-8-19(9-7-18)32(28,29)25-17-4-5-17/h6-12,17,25H,3-5,13H2,1-2H3. The van der Waals surface area contributed by atoms with E-state index in [0.717, 1.165) is 39.4 Å². The van der Waals surface area contributed by atoms with Gasteiger partial charge in [0.25, 0.3) is 0 Å². The molecule has 0 atom stereocenters. The van der Waals surface area contributed by atoms with Gasteiger partial charge in [-0.05, 0) is 68.7 Å². The molecule has 0 unspecified atom stereocenters. The molecule has 9 heteroatoms. The molecule has 2 aromatic heterocycles. The Kier molecular flexibility index (Phi) is 6.29. The zero-order valence-corrected chi connectivity index (χ0v) is 19.4. The summed E-state index contributed by atoms with van der Waals surface area (Å²) in [6.45, 7) is 4.02. The van der Waals surface area contributed by atoms with Gasteiger partial charge in [0.05, 0.1) is 35.1 Å². The normalized spacial score (nSPS) is 13.8. The van der Waals surface area contributed by atoms with Gasteiger partial charge >= 0.3 is 5.97 Å². The lowest BCUT2D eigenvalue weighted by atomic mass is 10.2. The van der Waals surface area contributed by atoms with E-state index in [1.807, 2.05) is 11.3 Å². The molecule has 3 aromatic rings. The maximum atomic E-state index is 12.4. The molecule has 166 valence electrons. The molecule has 0 aliphatic heterocycles. The van der Waals surface area contributed by atoms with Crippen molar-refractivity contribution in [2.75, 3.05) is 6.61 Å². The Bertz CT molecular complexity index is 1320. The maximum Gasteiger partial charge on any atom is 0.311 e. The van der Waals surface area contributed by atoms with Crippen molar-refractivity contribution < 1.29 is 17.9 Å². The molecule has 1 fully saturated rings. The number of nitrogens with zero attached hydrogens (tertiary/aromatic N) is 2. The van der Waals surface area contributed by atoms with Gasteiger partial charge in [-0.2, -0.15) is 5.26 Å². The van der Waals surface area contributed by atoms with Crippen molar-refractivity contribution >= 4 is 33.3 Å². The summed E-state index contributed by atoms with van der Waals surface area (Å²) >= 11 is 1.47. The number of hydrogen-bond acceptors (Lipinski definition) is 6. The fourth-order valence-electron chi connectivity index (χ4n) is 3.47. The lowest BCUT2D eigenvalue weighted by Crippen LogP contribution is -2.25. The van der Waals surface area contributed by atoms with Crippen LogP contribution < -0.4 is 4.72 Å². The van der Waals surface area contributed by atoms with Gasteiger partial charge in [0, 0.05) is 27.7 Å². The van der Waals surface area contributed by atoms with E-state index in [1.165, 1.54) is 11.8 Å². The van der Waals surface area contributed by atoms with E-state index >= 15 is 0 Å². The molecule has 1 aromatic carbocycles. The fourth-order valence-corrected chi connectivity index (χ4v) is 5.82. The molecule has 0 spiro atoms. The summed E-state index contributed by atoms with van der Waals surface area (Å²) in [7, 11) is -3.50. The number of carbonyl (C=O) groups is 1. The predicted octanol–water partition coefficient (Wildman–Crippen LogP) is 3.82. The summed E-state index contributed by atoms with van der Waals surface area (Å²) in [5.41, 5.74) is 3.06. The van der Waals surface area contributed by atoms with Crippen molar-refractivity contribution in [2.45, 2.75) is 53.8 Å². The first-order valence-corrected chi connectivity index (χ1v) is 12.6. The predicted molar refractivity (Wildman–Crippen MR) is 121 cm³/mol. The summed E-state index contributed by atoms with van der Waals surface area (Å²) in [4.78, 5) is 14.2. The van der Waals surface area contributed by atoms with Gasteiger partial charge in [0.2, 0.25) is 10.0 Å². The number of benzene rings is 1. The van der Waals surface area contributed by atoms with E-state index in [1.54, 1.807) is 49.5 Å². The maximum absolute atomic E-state index is 12.4. The summed E-state index contributed by atoms with van der Waals surface area (Å²) < 4.78 is 34.5. The molecule has 2 heterocycles. The van der Waals surface area contributed by atoms with Crippen molar-refractivity contribution in [1.82, 2.24) is 9.12 Å². The Hall–Kier alpha value is -2.80. The smallest absolute Gasteiger partial charge is 0.311 e. The lowest BCUT2D eigenvalue weighted by Gasteiger charge is -2.07. The van der Waals surface area contributed by atoms with Gasteiger partial charge in [-0.3, -0.25) is 4.79 Å². The van der Waals surface area contributed by atoms with Gasteiger partial charge in [-0.25, -0.2) is 13.1 Å². The van der Waals surface area contributed by atoms with Gasteiger partial charge in [-0.15, -0.1) is 0 Å². The number of nitriles is 1. The lowest BCUT2D eigenvalue weighted by molar-refractivity contribution is -0.142. The van der Waals surface area contributed by atoms with Crippen LogP contribution in [0.4, 0.5) is 0 Å². The summed E-state index contributed by atoms with van der Waals surface area (Å²) in [6, 6.07) is 12.5. The van der Waals surface area contributed by atoms with E-state index in [4.69, 9.17) is 4.74 Å². The highest BCUT2D eigenvalue weighted by Crippen LogP contribution is 2.38. The van der Waals surface area contributed by atoms with Crippen LogP contribution in [0.25, 0.3) is 5.52 Å². The number of rotatable bonds is 8. The van der Waals surface area contributed by atoms with Gasteiger partial charge in [0.15, 0.2) is 0 Å². The van der Waals surface area contributed by atoms with E-state index in [9.17, 15) is 18.5 Å². The number of hydrogen-bond donors (Lipinski definition) is 1. The summed E-state index contributed by atoms with van der Waals surface area (Å²) in [6.07, 6.45) is 3.68. The minimum absolute atomic E-state index is 0.0524. The van der Waals surface area contributed by atoms with Gasteiger partial charge < -0.3 is 9.14 Å². The SMILES string of the molecule is CCOC(=O)Cc1c(C)c(Sc2ccc(S(=O)(=O)NC3CC3)cc2)c2cc(C#N)ccn12. The highest BCUT2D eigenvalue weighted by atomic mass is 32.2. The highest BCUT2D eigenvalue weighted by molar-refractivity contribution is 7.99. The first-order valence-electron chi connectivity index (χ1n) is 10.3. The molecule has 1 saturated carbocycles. The first-order chi connectivity index (χ1) is 15.3. The average molecular weight is 470 g/mol. The second-order valence-corrected chi connectivity index (χ2v) is 10.4. The minimum atomic E-state index is -3.50. The Morgan fingerprint density at radius 1 is 1.28 bits per heavy atom. The zero-order chi connectivity index (χ0) is 22.9. The second kappa shape index (κ2) is 8.98. The van der Waals surface area contributed by atoms with Gasteiger partial charge in [-0.1, -0.05) is 11.8 Å². The van der Waals surface area contributed by atoms with E-state index in [0.29, 0.717) is 12.2 Å². The number of pyridine rings is 1. The van der Waals surface area contributed by atoms with Crippen LogP contribution in [-0.2, 0) is 26.0 Å². The van der Waals surface area contributed by atoms with E-state index in [2.05, 4.69) is 10.8 Å². The number of fused-ring (bicyclic) bond motifs is 1. The molecular formula is C23H23N3O4S2. The Balaban J connectivity index is 1.68. The van der Waals surface area contributed by atoms with Crippen LogP contribution in [0.3, 0.4) is 0 Å². The Labute approximate surface area is 191 Å². The third-order valence-electron chi connectivity index (χ3n) is 5.25.